The van der Waals surface area contributed by atoms with Crippen molar-refractivity contribution in [1.29, 1.82) is 0 Å². The molecular formula is C50H62N9O9-. The molecule has 0 aromatic heterocycles. The van der Waals surface area contributed by atoms with E-state index in [-0.39, 0.29) is 32.1 Å². The molecule has 18 nitrogen and oxygen atoms in total. The van der Waals surface area contributed by atoms with Crippen LogP contribution in [0.1, 0.15) is 54.9 Å². The summed E-state index contributed by atoms with van der Waals surface area (Å²) in [6.07, 6.45) is 0.929. The van der Waals surface area contributed by atoms with E-state index in [9.17, 15) is 43.5 Å². The highest BCUT2D eigenvalue weighted by atomic mass is 16.4. The lowest BCUT2D eigenvalue weighted by Crippen LogP contribution is -2.58. The average Bonchev–Trinajstić information content (AvgIpc) is 3.32. The fraction of sp³-hybridized carbons (Fsp3) is 0.360. The van der Waals surface area contributed by atoms with E-state index in [1.54, 1.807) is 91.0 Å². The van der Waals surface area contributed by atoms with Gasteiger partial charge < -0.3 is 58.6 Å². The molecule has 4 unspecified atom stereocenters. The van der Waals surface area contributed by atoms with Gasteiger partial charge >= 0.3 is 0 Å². The van der Waals surface area contributed by atoms with Crippen molar-refractivity contribution in [1.82, 2.24) is 37.2 Å². The van der Waals surface area contributed by atoms with Crippen LogP contribution in [-0.2, 0) is 64.0 Å². The molecule has 0 aliphatic carbocycles. The zero-order valence-corrected chi connectivity index (χ0v) is 38.1. The Morgan fingerprint density at radius 3 is 1.26 bits per heavy atom. The molecule has 0 aliphatic heterocycles. The summed E-state index contributed by atoms with van der Waals surface area (Å²) in [7, 11) is 0. The fourth-order valence-corrected chi connectivity index (χ4v) is 7.17. The van der Waals surface area contributed by atoms with Crippen molar-refractivity contribution in [3.05, 3.63) is 144 Å². The number of carboxylic acids is 1. The summed E-state index contributed by atoms with van der Waals surface area (Å²) in [6.45, 7) is 0.730. The monoisotopic (exact) mass is 932 g/mol. The van der Waals surface area contributed by atoms with Crippen LogP contribution in [0.25, 0.3) is 0 Å². The number of aliphatic carboxylic acids is 1. The Hall–Kier alpha value is -7.44. The van der Waals surface area contributed by atoms with Gasteiger partial charge in [0, 0.05) is 37.7 Å². The van der Waals surface area contributed by atoms with Crippen molar-refractivity contribution >= 4 is 47.3 Å². The number of unbranched alkanes of at least 4 members (excludes halogenated alkanes) is 1. The standard InChI is InChI=1S/C50H63N9O9/c1-33(26-45(62)63)55-49(67)41(29-36-20-10-4-11-21-36)56-44(61)32-54-47(65)40(28-35-18-8-3-9-19-35)59-48(66)39(24-14-15-25-51)58-50(68)42(30-37-22-12-5-13-23-37)57-43(60)31-53-46(64)38(52)27-34-16-6-2-7-17-34/h2-13,16-23,33,38-42H,14-15,24-32,51-52H2,1H3,(H,53,64)(H,54,65)(H,55,67)(H,56,61)(H,57,60)(H,58,68)(H,59,66)(H,62,63)/p-1/t33-,38?,39+,40?,41?,42?/m1/s1. The molecule has 18 heteroatoms. The third-order valence-corrected chi connectivity index (χ3v) is 10.7. The maximum atomic E-state index is 14.2. The van der Waals surface area contributed by atoms with E-state index in [0.717, 1.165) is 5.56 Å². The molecule has 11 N–H and O–H groups in total. The van der Waals surface area contributed by atoms with Crippen LogP contribution in [-0.4, -0.2) is 103 Å². The summed E-state index contributed by atoms with van der Waals surface area (Å²) < 4.78 is 0. The third kappa shape index (κ3) is 19.6. The van der Waals surface area contributed by atoms with Crippen LogP contribution in [0.5, 0.6) is 0 Å². The zero-order chi connectivity index (χ0) is 49.3. The first kappa shape index (κ1) is 53.2. The highest BCUT2D eigenvalue weighted by Crippen LogP contribution is 2.10. The molecule has 4 aromatic rings. The Morgan fingerprint density at radius 2 is 0.838 bits per heavy atom. The van der Waals surface area contributed by atoms with Crippen molar-refractivity contribution in [2.45, 2.75) is 94.5 Å². The predicted molar refractivity (Wildman–Crippen MR) is 252 cm³/mol. The molecule has 4 aromatic carbocycles. The molecule has 7 amide bonds. The minimum Gasteiger partial charge on any atom is -0.550 e. The number of rotatable bonds is 28. The largest absolute Gasteiger partial charge is 0.550 e. The van der Waals surface area contributed by atoms with E-state index >= 15 is 0 Å². The number of hydrogen-bond acceptors (Lipinski definition) is 11. The van der Waals surface area contributed by atoms with Gasteiger partial charge in [0.2, 0.25) is 41.4 Å². The Kier molecular flexibility index (Phi) is 22.3. The maximum absolute atomic E-state index is 14.2. The molecule has 0 radical (unpaired) electrons. The van der Waals surface area contributed by atoms with Gasteiger partial charge in [0.15, 0.2) is 0 Å². The van der Waals surface area contributed by atoms with E-state index in [1.165, 1.54) is 6.92 Å². The number of carbonyl (C=O) groups excluding carboxylic acids is 8. The summed E-state index contributed by atoms with van der Waals surface area (Å²) >= 11 is 0. The molecule has 6 atom stereocenters. The molecule has 0 spiro atoms. The molecule has 0 saturated heterocycles. The third-order valence-electron chi connectivity index (χ3n) is 10.7. The van der Waals surface area contributed by atoms with Gasteiger partial charge in [-0.1, -0.05) is 121 Å². The summed E-state index contributed by atoms with van der Waals surface area (Å²) in [5, 5.41) is 29.6. The molecule has 0 saturated carbocycles. The molecule has 0 aliphatic rings. The molecule has 0 fully saturated rings. The second-order valence-electron chi connectivity index (χ2n) is 16.4. The number of amides is 7. The van der Waals surface area contributed by atoms with Gasteiger partial charge in [-0.3, -0.25) is 33.6 Å². The number of hydrogen-bond donors (Lipinski definition) is 9. The first-order valence-electron chi connectivity index (χ1n) is 22.6. The van der Waals surface area contributed by atoms with E-state index < -0.39 is 103 Å². The Labute approximate surface area is 396 Å². The van der Waals surface area contributed by atoms with Crippen molar-refractivity contribution < 1.29 is 43.5 Å². The van der Waals surface area contributed by atoms with Crippen LogP contribution < -0.4 is 53.8 Å². The van der Waals surface area contributed by atoms with Gasteiger partial charge in [0.05, 0.1) is 19.1 Å². The van der Waals surface area contributed by atoms with Crippen LogP contribution in [0.3, 0.4) is 0 Å². The average molecular weight is 933 g/mol. The summed E-state index contributed by atoms with van der Waals surface area (Å²) in [5.74, 6) is -6.13. The normalized spacial score (nSPS) is 13.5. The first-order valence-corrected chi connectivity index (χ1v) is 22.6. The number of nitrogens with two attached hydrogens (primary N) is 2. The van der Waals surface area contributed by atoms with Crippen molar-refractivity contribution in [2.75, 3.05) is 19.6 Å². The van der Waals surface area contributed by atoms with Gasteiger partial charge in [-0.2, -0.15) is 0 Å². The second-order valence-corrected chi connectivity index (χ2v) is 16.4. The second kappa shape index (κ2) is 28.6. The van der Waals surface area contributed by atoms with Gasteiger partial charge in [-0.05, 0) is 61.4 Å². The summed E-state index contributed by atoms with van der Waals surface area (Å²) in [4.78, 5) is 106. The molecule has 0 heterocycles. The Bertz CT molecular complexity index is 2250. The van der Waals surface area contributed by atoms with Gasteiger partial charge in [-0.25, -0.2) is 0 Å². The molecule has 4 rings (SSSR count). The van der Waals surface area contributed by atoms with Crippen LogP contribution >= 0.6 is 0 Å². The Balaban J connectivity index is 1.47. The number of benzene rings is 4. The van der Waals surface area contributed by atoms with Gasteiger partial charge in [0.1, 0.15) is 24.2 Å². The molecule has 68 heavy (non-hydrogen) atoms. The predicted octanol–water partition coefficient (Wildman–Crippen LogP) is -0.770. The first-order chi connectivity index (χ1) is 32.7. The maximum Gasteiger partial charge on any atom is 0.243 e. The highest BCUT2D eigenvalue weighted by molar-refractivity contribution is 5.96. The lowest BCUT2D eigenvalue weighted by molar-refractivity contribution is -0.306. The van der Waals surface area contributed by atoms with E-state index in [1.807, 2.05) is 30.3 Å². The molecular weight excluding hydrogens is 871 g/mol. The quantitative estimate of drug-likeness (QED) is 0.0319. The fourth-order valence-electron chi connectivity index (χ4n) is 7.17. The topological polar surface area (TPSA) is 296 Å². The van der Waals surface area contributed by atoms with E-state index in [0.29, 0.717) is 36.1 Å². The number of carboxylic acid groups (broad SMARTS) is 1. The van der Waals surface area contributed by atoms with Crippen molar-refractivity contribution in [3.8, 4) is 0 Å². The lowest BCUT2D eigenvalue weighted by atomic mass is 10.0. The van der Waals surface area contributed by atoms with Crippen molar-refractivity contribution in [2.24, 2.45) is 11.5 Å². The van der Waals surface area contributed by atoms with Crippen LogP contribution in [0, 0.1) is 0 Å². The smallest absolute Gasteiger partial charge is 0.243 e. The number of nitrogens with one attached hydrogen (secondary N) is 7. The molecule has 362 valence electrons. The van der Waals surface area contributed by atoms with Gasteiger partial charge in [0.25, 0.3) is 0 Å². The lowest BCUT2D eigenvalue weighted by Gasteiger charge is -2.26. The zero-order valence-electron chi connectivity index (χ0n) is 38.1. The summed E-state index contributed by atoms with van der Waals surface area (Å²) in [5.41, 5.74) is 14.8. The molecule has 0 bridgehead atoms. The highest BCUT2D eigenvalue weighted by Gasteiger charge is 2.31. The van der Waals surface area contributed by atoms with Gasteiger partial charge in [-0.15, -0.1) is 0 Å². The minimum atomic E-state index is -1.36. The van der Waals surface area contributed by atoms with E-state index in [2.05, 4.69) is 37.2 Å². The summed E-state index contributed by atoms with van der Waals surface area (Å²) in [6, 6.07) is 29.2. The number of carbonyl (C=O) groups is 8. The SMILES string of the molecule is C[C@H](CC(=O)[O-])NC(=O)C(Cc1ccccc1)NC(=O)CNC(=O)C(Cc1ccccc1)NC(=O)[C@H](CCCCN)NC(=O)C(Cc1ccccc1)NC(=O)CNC(=O)C(N)Cc1ccccc1. The van der Waals surface area contributed by atoms with Crippen LogP contribution in [0.2, 0.25) is 0 Å². The Morgan fingerprint density at radius 1 is 0.471 bits per heavy atom. The van der Waals surface area contributed by atoms with Crippen molar-refractivity contribution in [3.63, 3.8) is 0 Å². The van der Waals surface area contributed by atoms with Crippen LogP contribution in [0.15, 0.2) is 121 Å². The van der Waals surface area contributed by atoms with Crippen LogP contribution in [0.4, 0.5) is 0 Å². The minimum absolute atomic E-state index is 0.00766. The van der Waals surface area contributed by atoms with E-state index in [4.69, 9.17) is 11.5 Å².